The zero-order chi connectivity index (χ0) is 13.1. The van der Waals surface area contributed by atoms with Gasteiger partial charge in [-0.3, -0.25) is 0 Å². The molecule has 1 aliphatic rings. The maximum absolute atomic E-state index is 4.22. The predicted octanol–water partition coefficient (Wildman–Crippen LogP) is 3.26. The van der Waals surface area contributed by atoms with Crippen molar-refractivity contribution in [2.45, 2.75) is 38.6 Å². The molecule has 4 heteroatoms. The van der Waals surface area contributed by atoms with Crippen LogP contribution in [0.5, 0.6) is 0 Å². The number of para-hydroxylation sites is 2. The third-order valence-corrected chi connectivity index (χ3v) is 4.06. The summed E-state index contributed by atoms with van der Waals surface area (Å²) in [5.41, 5.74) is 2.19. The van der Waals surface area contributed by atoms with Crippen LogP contribution in [0.3, 0.4) is 0 Å². The SMILES string of the molecule is CC(Nc1ccccc1-n1cncn1)C1CCCC1. The smallest absolute Gasteiger partial charge is 0.138 e. The number of hydrogen-bond donors (Lipinski definition) is 1. The largest absolute Gasteiger partial charge is 0.381 e. The highest BCUT2D eigenvalue weighted by atomic mass is 15.3. The first kappa shape index (κ1) is 12.2. The molecule has 1 atom stereocenters. The van der Waals surface area contributed by atoms with Crippen molar-refractivity contribution in [2.24, 2.45) is 5.92 Å². The molecular formula is C15H20N4. The lowest BCUT2D eigenvalue weighted by atomic mass is 9.99. The van der Waals surface area contributed by atoms with Crippen molar-refractivity contribution in [3.05, 3.63) is 36.9 Å². The predicted molar refractivity (Wildman–Crippen MR) is 76.4 cm³/mol. The highest BCUT2D eigenvalue weighted by Crippen LogP contribution is 2.30. The van der Waals surface area contributed by atoms with Gasteiger partial charge in [0.25, 0.3) is 0 Å². The number of nitrogens with one attached hydrogen (secondary N) is 1. The molecule has 0 saturated heterocycles. The minimum Gasteiger partial charge on any atom is -0.381 e. The maximum atomic E-state index is 4.22. The molecule has 1 aromatic carbocycles. The topological polar surface area (TPSA) is 42.7 Å². The van der Waals surface area contributed by atoms with Crippen LogP contribution in [-0.2, 0) is 0 Å². The van der Waals surface area contributed by atoms with E-state index >= 15 is 0 Å². The van der Waals surface area contributed by atoms with Crippen molar-refractivity contribution in [3.63, 3.8) is 0 Å². The Labute approximate surface area is 113 Å². The molecule has 0 spiro atoms. The van der Waals surface area contributed by atoms with E-state index in [-0.39, 0.29) is 0 Å². The standard InChI is InChI=1S/C15H20N4/c1-12(13-6-2-3-7-13)18-14-8-4-5-9-15(14)19-11-16-10-17-19/h4-5,8-13,18H,2-3,6-7H2,1H3. The van der Waals surface area contributed by atoms with Crippen LogP contribution in [0, 0.1) is 5.92 Å². The van der Waals surface area contributed by atoms with Gasteiger partial charge >= 0.3 is 0 Å². The molecule has 0 aliphatic heterocycles. The highest BCUT2D eigenvalue weighted by molar-refractivity contribution is 5.60. The van der Waals surface area contributed by atoms with Gasteiger partial charge in [0, 0.05) is 6.04 Å². The Hall–Kier alpha value is -1.84. The van der Waals surface area contributed by atoms with Gasteiger partial charge in [-0.2, -0.15) is 5.10 Å². The van der Waals surface area contributed by atoms with Gasteiger partial charge in [0.2, 0.25) is 0 Å². The van der Waals surface area contributed by atoms with Crippen molar-refractivity contribution < 1.29 is 0 Å². The first-order chi connectivity index (χ1) is 9.34. The van der Waals surface area contributed by atoms with Crippen molar-refractivity contribution >= 4 is 5.69 Å². The molecule has 1 N–H and O–H groups in total. The summed E-state index contributed by atoms with van der Waals surface area (Å²) >= 11 is 0. The van der Waals surface area contributed by atoms with Crippen LogP contribution >= 0.6 is 0 Å². The van der Waals surface area contributed by atoms with Gasteiger partial charge in [0.15, 0.2) is 0 Å². The monoisotopic (exact) mass is 256 g/mol. The van der Waals surface area contributed by atoms with Crippen molar-refractivity contribution in [2.75, 3.05) is 5.32 Å². The Kier molecular flexibility index (Phi) is 3.49. The summed E-state index contributed by atoms with van der Waals surface area (Å²) < 4.78 is 1.81. The van der Waals surface area contributed by atoms with E-state index in [1.165, 1.54) is 25.7 Å². The number of nitrogens with zero attached hydrogens (tertiary/aromatic N) is 3. The lowest BCUT2D eigenvalue weighted by Gasteiger charge is -2.23. The normalized spacial score (nSPS) is 17.5. The first-order valence-corrected chi connectivity index (χ1v) is 7.05. The van der Waals surface area contributed by atoms with E-state index in [9.17, 15) is 0 Å². The van der Waals surface area contributed by atoms with Gasteiger partial charge in [-0.25, -0.2) is 9.67 Å². The maximum Gasteiger partial charge on any atom is 0.138 e. The van der Waals surface area contributed by atoms with Crippen molar-refractivity contribution in [3.8, 4) is 5.69 Å². The number of aromatic nitrogens is 3. The summed E-state index contributed by atoms with van der Waals surface area (Å²) in [6.45, 7) is 2.29. The van der Waals surface area contributed by atoms with Gasteiger partial charge in [0.1, 0.15) is 12.7 Å². The van der Waals surface area contributed by atoms with E-state index in [4.69, 9.17) is 0 Å². The van der Waals surface area contributed by atoms with Gasteiger partial charge in [-0.1, -0.05) is 25.0 Å². The minimum absolute atomic E-state index is 0.507. The van der Waals surface area contributed by atoms with Gasteiger partial charge in [0.05, 0.1) is 11.4 Å². The van der Waals surface area contributed by atoms with Gasteiger partial charge < -0.3 is 5.32 Å². The fraction of sp³-hybridized carbons (Fsp3) is 0.467. The van der Waals surface area contributed by atoms with Crippen LogP contribution in [0.15, 0.2) is 36.9 Å². The second kappa shape index (κ2) is 5.43. The van der Waals surface area contributed by atoms with E-state index < -0.39 is 0 Å². The Bertz CT molecular complexity index is 515. The van der Waals surface area contributed by atoms with E-state index in [0.29, 0.717) is 6.04 Å². The molecule has 1 aromatic heterocycles. The quantitative estimate of drug-likeness (QED) is 0.913. The summed E-state index contributed by atoms with van der Waals surface area (Å²) in [7, 11) is 0. The molecule has 1 unspecified atom stereocenters. The van der Waals surface area contributed by atoms with Crippen LogP contribution in [0.25, 0.3) is 5.69 Å². The van der Waals surface area contributed by atoms with E-state index in [0.717, 1.165) is 17.3 Å². The number of benzene rings is 1. The lowest BCUT2D eigenvalue weighted by Crippen LogP contribution is -2.24. The molecule has 100 valence electrons. The van der Waals surface area contributed by atoms with Gasteiger partial charge in [-0.15, -0.1) is 0 Å². The molecule has 19 heavy (non-hydrogen) atoms. The van der Waals surface area contributed by atoms with Crippen molar-refractivity contribution in [1.29, 1.82) is 0 Å². The molecule has 0 bridgehead atoms. The Morgan fingerprint density at radius 2 is 2.05 bits per heavy atom. The molecule has 3 rings (SSSR count). The van der Waals surface area contributed by atoms with Crippen LogP contribution in [-0.4, -0.2) is 20.8 Å². The average Bonchev–Trinajstić information content (AvgIpc) is 3.13. The fourth-order valence-electron chi connectivity index (χ4n) is 2.95. The van der Waals surface area contributed by atoms with Gasteiger partial charge in [-0.05, 0) is 37.8 Å². The van der Waals surface area contributed by atoms with E-state index in [2.05, 4.69) is 40.5 Å². The minimum atomic E-state index is 0.507. The number of hydrogen-bond acceptors (Lipinski definition) is 3. The van der Waals surface area contributed by atoms with E-state index in [1.54, 1.807) is 12.7 Å². The molecule has 1 aliphatic carbocycles. The third kappa shape index (κ3) is 2.62. The second-order valence-electron chi connectivity index (χ2n) is 5.33. The zero-order valence-electron chi connectivity index (χ0n) is 11.3. The number of rotatable bonds is 4. The summed E-state index contributed by atoms with van der Waals surface area (Å²) in [4.78, 5) is 4.02. The number of anilines is 1. The summed E-state index contributed by atoms with van der Waals surface area (Å²) in [5.74, 6) is 0.795. The molecule has 2 aromatic rings. The molecule has 0 amide bonds. The van der Waals surface area contributed by atoms with Crippen LogP contribution < -0.4 is 5.32 Å². The Morgan fingerprint density at radius 1 is 1.26 bits per heavy atom. The average molecular weight is 256 g/mol. The Balaban J connectivity index is 1.80. The van der Waals surface area contributed by atoms with Crippen molar-refractivity contribution in [1.82, 2.24) is 14.8 Å². The molecule has 0 radical (unpaired) electrons. The zero-order valence-corrected chi connectivity index (χ0v) is 11.3. The molecule has 1 fully saturated rings. The molecule has 4 nitrogen and oxygen atoms in total. The molecule has 1 heterocycles. The highest BCUT2D eigenvalue weighted by Gasteiger charge is 2.22. The molecule has 1 saturated carbocycles. The fourth-order valence-corrected chi connectivity index (χ4v) is 2.95. The van der Waals surface area contributed by atoms with E-state index in [1.807, 2.05) is 10.7 Å². The lowest BCUT2D eigenvalue weighted by molar-refractivity contribution is 0.482. The Morgan fingerprint density at radius 3 is 2.79 bits per heavy atom. The third-order valence-electron chi connectivity index (χ3n) is 4.06. The summed E-state index contributed by atoms with van der Waals surface area (Å²) in [6.07, 6.45) is 8.75. The first-order valence-electron chi connectivity index (χ1n) is 7.05. The summed E-state index contributed by atoms with van der Waals surface area (Å²) in [5, 5.41) is 7.87. The molecular weight excluding hydrogens is 236 g/mol. The van der Waals surface area contributed by atoms with Crippen LogP contribution in [0.1, 0.15) is 32.6 Å². The van der Waals surface area contributed by atoms with Crippen LogP contribution in [0.4, 0.5) is 5.69 Å². The summed E-state index contributed by atoms with van der Waals surface area (Å²) in [6, 6.07) is 8.78. The second-order valence-corrected chi connectivity index (χ2v) is 5.33. The van der Waals surface area contributed by atoms with Crippen LogP contribution in [0.2, 0.25) is 0 Å².